The zero-order chi connectivity index (χ0) is 17.6. The van der Waals surface area contributed by atoms with Crippen molar-refractivity contribution >= 4 is 18.1 Å². The van der Waals surface area contributed by atoms with Crippen molar-refractivity contribution in [3.8, 4) is 11.5 Å². The fourth-order valence-electron chi connectivity index (χ4n) is 3.83. The molecule has 146 valence electrons. The molecular weight excluding hydrogens is 360 g/mol. The molecular formula is C22H29ClN2O2. The number of aryl methyl sites for hydroxylation is 1. The van der Waals surface area contributed by atoms with Crippen LogP contribution < -0.4 is 14.4 Å². The Kier molecular flexibility index (Phi) is 7.25. The van der Waals surface area contributed by atoms with Crippen molar-refractivity contribution in [2.45, 2.75) is 19.3 Å². The van der Waals surface area contributed by atoms with Gasteiger partial charge in [-0.05, 0) is 43.5 Å². The first kappa shape index (κ1) is 19.8. The molecule has 2 aliphatic heterocycles. The lowest BCUT2D eigenvalue weighted by molar-refractivity contribution is 0.171. The number of unbranched alkanes of at least 4 members (excludes halogenated alkanes) is 1. The highest BCUT2D eigenvalue weighted by Gasteiger charge is 2.23. The van der Waals surface area contributed by atoms with E-state index in [1.807, 2.05) is 6.07 Å². The Hall–Kier alpha value is -1.91. The molecule has 1 saturated heterocycles. The number of fused-ring (bicyclic) bond motifs is 1. The maximum Gasteiger partial charge on any atom is 0.184 e. The van der Waals surface area contributed by atoms with Crippen molar-refractivity contribution in [3.05, 3.63) is 54.1 Å². The van der Waals surface area contributed by atoms with Gasteiger partial charge in [0, 0.05) is 26.2 Å². The number of anilines is 1. The molecule has 4 rings (SSSR count). The van der Waals surface area contributed by atoms with E-state index in [1.165, 1.54) is 37.1 Å². The van der Waals surface area contributed by atoms with Gasteiger partial charge < -0.3 is 14.4 Å². The summed E-state index contributed by atoms with van der Waals surface area (Å²) in [6.07, 6.45) is 3.72. The number of piperazine rings is 1. The molecule has 0 unspecified atom stereocenters. The molecule has 27 heavy (non-hydrogen) atoms. The Balaban J connectivity index is 0.00000210. The Morgan fingerprint density at radius 3 is 2.37 bits per heavy atom. The van der Waals surface area contributed by atoms with Gasteiger partial charge in [-0.1, -0.05) is 36.4 Å². The van der Waals surface area contributed by atoms with Crippen LogP contribution in [0.3, 0.4) is 0 Å². The van der Waals surface area contributed by atoms with Crippen LogP contribution in [0, 0.1) is 0 Å². The minimum absolute atomic E-state index is 0. The standard InChI is InChI=1S/C22H28N2O2.ClH/c1-2-7-19(8-3-1)9-4-5-12-23-13-15-24(16-14-23)20-10-6-11-21-22(20)26-18-17-25-21;/h1-3,6-8,10-11H,4-5,9,12-18H2;1H. The zero-order valence-corrected chi connectivity index (χ0v) is 16.6. The van der Waals surface area contributed by atoms with Crippen molar-refractivity contribution < 1.29 is 9.47 Å². The lowest BCUT2D eigenvalue weighted by Crippen LogP contribution is -2.46. The summed E-state index contributed by atoms with van der Waals surface area (Å²) in [7, 11) is 0. The second-order valence-electron chi connectivity index (χ2n) is 7.07. The van der Waals surface area contributed by atoms with E-state index in [0.717, 1.165) is 37.7 Å². The molecule has 2 aromatic rings. The van der Waals surface area contributed by atoms with Crippen LogP contribution in [0.1, 0.15) is 18.4 Å². The normalized spacial score (nSPS) is 16.7. The molecule has 2 aliphatic rings. The van der Waals surface area contributed by atoms with Gasteiger partial charge >= 0.3 is 0 Å². The van der Waals surface area contributed by atoms with Crippen LogP contribution in [0.5, 0.6) is 11.5 Å². The van der Waals surface area contributed by atoms with E-state index in [-0.39, 0.29) is 12.4 Å². The van der Waals surface area contributed by atoms with Crippen LogP contribution in [0.4, 0.5) is 5.69 Å². The minimum atomic E-state index is 0. The minimum Gasteiger partial charge on any atom is -0.486 e. The number of rotatable bonds is 6. The van der Waals surface area contributed by atoms with Crippen LogP contribution in [0.15, 0.2) is 48.5 Å². The SMILES string of the molecule is Cl.c1ccc(CCCCN2CCN(c3cccc4c3OCCO4)CC2)cc1. The summed E-state index contributed by atoms with van der Waals surface area (Å²) >= 11 is 0. The quantitative estimate of drug-likeness (QED) is 0.697. The van der Waals surface area contributed by atoms with Crippen LogP contribution in [-0.4, -0.2) is 50.8 Å². The summed E-state index contributed by atoms with van der Waals surface area (Å²) in [5.74, 6) is 1.81. The smallest absolute Gasteiger partial charge is 0.184 e. The molecule has 5 heteroatoms. The first-order valence-electron chi connectivity index (χ1n) is 9.80. The summed E-state index contributed by atoms with van der Waals surface area (Å²) in [4.78, 5) is 5.03. The van der Waals surface area contributed by atoms with Crippen LogP contribution >= 0.6 is 12.4 Å². The maximum absolute atomic E-state index is 5.88. The third-order valence-corrected chi connectivity index (χ3v) is 5.29. The predicted molar refractivity (Wildman–Crippen MR) is 113 cm³/mol. The summed E-state index contributed by atoms with van der Waals surface area (Å²) in [6.45, 7) is 6.84. The van der Waals surface area contributed by atoms with Crippen molar-refractivity contribution in [3.63, 3.8) is 0 Å². The fourth-order valence-corrected chi connectivity index (χ4v) is 3.83. The number of hydrogen-bond acceptors (Lipinski definition) is 4. The second kappa shape index (κ2) is 9.86. The van der Waals surface area contributed by atoms with E-state index >= 15 is 0 Å². The van der Waals surface area contributed by atoms with Crippen LogP contribution in [-0.2, 0) is 6.42 Å². The summed E-state index contributed by atoms with van der Waals surface area (Å²) in [5, 5.41) is 0. The molecule has 2 aromatic carbocycles. The predicted octanol–water partition coefficient (Wildman–Crippen LogP) is 4.02. The van der Waals surface area contributed by atoms with Gasteiger partial charge in [0.05, 0.1) is 5.69 Å². The van der Waals surface area contributed by atoms with Gasteiger partial charge in [0.1, 0.15) is 13.2 Å². The largest absolute Gasteiger partial charge is 0.486 e. The zero-order valence-electron chi connectivity index (χ0n) is 15.8. The second-order valence-corrected chi connectivity index (χ2v) is 7.07. The molecule has 1 fully saturated rings. The molecule has 0 aliphatic carbocycles. The monoisotopic (exact) mass is 388 g/mol. The van der Waals surface area contributed by atoms with Crippen LogP contribution in [0.25, 0.3) is 0 Å². The molecule has 0 aromatic heterocycles. The summed E-state index contributed by atoms with van der Waals surface area (Å²) in [5.41, 5.74) is 2.64. The molecule has 0 atom stereocenters. The van der Waals surface area contributed by atoms with Gasteiger partial charge in [-0.15, -0.1) is 12.4 Å². The number of benzene rings is 2. The van der Waals surface area contributed by atoms with Gasteiger partial charge in [-0.3, -0.25) is 4.90 Å². The lowest BCUT2D eigenvalue weighted by atomic mass is 10.1. The molecule has 0 radical (unpaired) electrons. The average molecular weight is 389 g/mol. The van der Waals surface area contributed by atoms with E-state index < -0.39 is 0 Å². The highest BCUT2D eigenvalue weighted by Crippen LogP contribution is 2.39. The number of ether oxygens (including phenoxy) is 2. The van der Waals surface area contributed by atoms with Gasteiger partial charge in [0.25, 0.3) is 0 Å². The van der Waals surface area contributed by atoms with E-state index in [9.17, 15) is 0 Å². The Morgan fingerprint density at radius 1 is 0.778 bits per heavy atom. The maximum atomic E-state index is 5.88. The molecule has 0 saturated carbocycles. The number of halogens is 1. The Morgan fingerprint density at radius 2 is 1.56 bits per heavy atom. The van der Waals surface area contributed by atoms with E-state index in [2.05, 4.69) is 52.3 Å². The third kappa shape index (κ3) is 5.08. The average Bonchev–Trinajstić information content (AvgIpc) is 2.72. The highest BCUT2D eigenvalue weighted by atomic mass is 35.5. The van der Waals surface area contributed by atoms with Crippen molar-refractivity contribution in [2.75, 3.05) is 50.8 Å². The number of para-hydroxylation sites is 1. The number of hydrogen-bond donors (Lipinski definition) is 0. The molecule has 0 N–H and O–H groups in total. The van der Waals surface area contributed by atoms with Crippen molar-refractivity contribution in [1.29, 1.82) is 0 Å². The first-order chi connectivity index (χ1) is 12.9. The lowest BCUT2D eigenvalue weighted by Gasteiger charge is -2.37. The molecule has 0 spiro atoms. The van der Waals surface area contributed by atoms with Crippen molar-refractivity contribution in [1.82, 2.24) is 4.90 Å². The third-order valence-electron chi connectivity index (χ3n) is 5.29. The molecule has 0 amide bonds. The molecule has 0 bridgehead atoms. The summed E-state index contributed by atoms with van der Waals surface area (Å²) < 4.78 is 11.6. The van der Waals surface area contributed by atoms with E-state index in [1.54, 1.807) is 0 Å². The van der Waals surface area contributed by atoms with Crippen LogP contribution in [0.2, 0.25) is 0 Å². The Bertz CT molecular complexity index is 703. The first-order valence-corrected chi connectivity index (χ1v) is 9.80. The van der Waals surface area contributed by atoms with E-state index in [0.29, 0.717) is 13.2 Å². The molecule has 2 heterocycles. The van der Waals surface area contributed by atoms with E-state index in [4.69, 9.17) is 9.47 Å². The summed E-state index contributed by atoms with van der Waals surface area (Å²) in [6, 6.07) is 17.0. The van der Waals surface area contributed by atoms with Gasteiger partial charge in [0.2, 0.25) is 0 Å². The molecule has 4 nitrogen and oxygen atoms in total. The fraction of sp³-hybridized carbons (Fsp3) is 0.455. The Labute approximate surface area is 168 Å². The van der Waals surface area contributed by atoms with Crippen molar-refractivity contribution in [2.24, 2.45) is 0 Å². The van der Waals surface area contributed by atoms with Gasteiger partial charge in [-0.2, -0.15) is 0 Å². The number of nitrogens with zero attached hydrogens (tertiary/aromatic N) is 2. The van der Waals surface area contributed by atoms with Gasteiger partial charge in [0.15, 0.2) is 11.5 Å². The van der Waals surface area contributed by atoms with Gasteiger partial charge in [-0.25, -0.2) is 0 Å². The topological polar surface area (TPSA) is 24.9 Å². The highest BCUT2D eigenvalue weighted by molar-refractivity contribution is 5.85.